The van der Waals surface area contributed by atoms with Crippen LogP contribution in [0.25, 0.3) is 17.0 Å². The number of methoxy groups -OCH3 is 1. The molecule has 1 aromatic carbocycles. The zero-order valence-corrected chi connectivity index (χ0v) is 18.0. The topological polar surface area (TPSA) is 120 Å². The number of hydrogen-bond donors (Lipinski definition) is 1. The van der Waals surface area contributed by atoms with Gasteiger partial charge in [-0.25, -0.2) is 9.59 Å². The lowest BCUT2D eigenvalue weighted by Crippen LogP contribution is -2.30. The third kappa shape index (κ3) is 4.36. The number of furan rings is 1. The number of para-hydroxylation sites is 1. The summed E-state index contributed by atoms with van der Waals surface area (Å²) in [6, 6.07) is 9.70. The number of esters is 2. The van der Waals surface area contributed by atoms with E-state index in [-0.39, 0.29) is 42.9 Å². The second-order valence-corrected chi connectivity index (χ2v) is 7.17. The van der Waals surface area contributed by atoms with Crippen LogP contribution in [0, 0.1) is 0 Å². The van der Waals surface area contributed by atoms with Crippen molar-refractivity contribution in [1.82, 2.24) is 14.8 Å². The van der Waals surface area contributed by atoms with Crippen LogP contribution in [0.15, 0.2) is 52.7 Å². The van der Waals surface area contributed by atoms with Gasteiger partial charge in [-0.1, -0.05) is 18.2 Å². The highest BCUT2D eigenvalue weighted by Gasteiger charge is 2.34. The summed E-state index contributed by atoms with van der Waals surface area (Å²) in [5.74, 6) is -1.34. The number of benzene rings is 1. The lowest BCUT2D eigenvalue weighted by atomic mass is 10.1. The lowest BCUT2D eigenvalue weighted by Gasteiger charge is -2.09. The Balaban J connectivity index is 1.59. The van der Waals surface area contributed by atoms with Crippen molar-refractivity contribution in [3.63, 3.8) is 0 Å². The number of imide groups is 1. The number of fused-ring (bicyclic) bond motifs is 1. The molecule has 3 amide bonds. The molecule has 1 aliphatic heterocycles. The summed E-state index contributed by atoms with van der Waals surface area (Å²) in [5, 5.41) is 3.37. The molecule has 0 atom stereocenters. The molecule has 4 rings (SSSR count). The maximum Gasteiger partial charge on any atom is 0.373 e. The van der Waals surface area contributed by atoms with Gasteiger partial charge < -0.3 is 23.8 Å². The SMILES string of the molecule is CCOC(=O)Cn1cc(C=C2NC(=O)N(Cc3ccc(C(=O)OC)o3)C2=O)c2ccccc21. The summed E-state index contributed by atoms with van der Waals surface area (Å²) < 4.78 is 16.7. The number of nitrogens with zero attached hydrogens (tertiary/aromatic N) is 2. The third-order valence-corrected chi connectivity index (χ3v) is 5.05. The molecule has 1 aliphatic rings. The van der Waals surface area contributed by atoms with Crippen molar-refractivity contribution >= 4 is 40.9 Å². The Hall–Kier alpha value is -4.34. The van der Waals surface area contributed by atoms with E-state index in [0.717, 1.165) is 15.8 Å². The molecule has 10 nitrogen and oxygen atoms in total. The summed E-state index contributed by atoms with van der Waals surface area (Å²) in [6.07, 6.45) is 3.29. The minimum absolute atomic E-state index is 0.0188. The molecule has 0 unspecified atom stereocenters. The van der Waals surface area contributed by atoms with E-state index in [1.165, 1.54) is 19.2 Å². The van der Waals surface area contributed by atoms with Crippen molar-refractivity contribution in [2.24, 2.45) is 0 Å². The number of ether oxygens (including phenoxy) is 2. The van der Waals surface area contributed by atoms with Crippen molar-refractivity contribution in [2.75, 3.05) is 13.7 Å². The fourth-order valence-electron chi connectivity index (χ4n) is 3.57. The molecule has 3 aromatic rings. The first-order chi connectivity index (χ1) is 15.9. The fourth-order valence-corrected chi connectivity index (χ4v) is 3.57. The predicted octanol–water partition coefficient (Wildman–Crippen LogP) is 2.68. The third-order valence-electron chi connectivity index (χ3n) is 5.05. The van der Waals surface area contributed by atoms with Gasteiger partial charge in [-0.2, -0.15) is 0 Å². The Morgan fingerprint density at radius 3 is 2.70 bits per heavy atom. The van der Waals surface area contributed by atoms with Gasteiger partial charge in [0, 0.05) is 22.7 Å². The van der Waals surface area contributed by atoms with Crippen molar-refractivity contribution in [3.8, 4) is 0 Å². The van der Waals surface area contributed by atoms with Crippen LogP contribution in [-0.4, -0.2) is 47.1 Å². The van der Waals surface area contributed by atoms with Crippen LogP contribution in [0.3, 0.4) is 0 Å². The molecule has 1 N–H and O–H groups in total. The summed E-state index contributed by atoms with van der Waals surface area (Å²) in [6.45, 7) is 1.89. The Kier molecular flexibility index (Phi) is 5.99. The number of nitrogens with one attached hydrogen (secondary N) is 1. The second kappa shape index (κ2) is 9.03. The van der Waals surface area contributed by atoms with Gasteiger partial charge in [-0.3, -0.25) is 14.5 Å². The van der Waals surface area contributed by atoms with Crippen LogP contribution in [0.2, 0.25) is 0 Å². The van der Waals surface area contributed by atoms with E-state index < -0.39 is 17.9 Å². The highest BCUT2D eigenvalue weighted by molar-refractivity contribution is 6.14. The first-order valence-electron chi connectivity index (χ1n) is 10.2. The van der Waals surface area contributed by atoms with Gasteiger partial charge in [-0.15, -0.1) is 0 Å². The zero-order valence-electron chi connectivity index (χ0n) is 18.0. The van der Waals surface area contributed by atoms with E-state index in [1.807, 2.05) is 24.3 Å². The molecule has 0 aliphatic carbocycles. The molecule has 1 fully saturated rings. The fraction of sp³-hybridized carbons (Fsp3) is 0.217. The number of hydrogen-bond acceptors (Lipinski definition) is 7. The van der Waals surface area contributed by atoms with E-state index in [4.69, 9.17) is 9.15 Å². The summed E-state index contributed by atoms with van der Waals surface area (Å²) >= 11 is 0. The first kappa shape index (κ1) is 21.9. The van der Waals surface area contributed by atoms with Crippen molar-refractivity contribution < 1.29 is 33.1 Å². The maximum absolute atomic E-state index is 12.9. The van der Waals surface area contributed by atoms with E-state index in [2.05, 4.69) is 10.1 Å². The van der Waals surface area contributed by atoms with Crippen molar-refractivity contribution in [3.05, 3.63) is 65.4 Å². The first-order valence-corrected chi connectivity index (χ1v) is 10.2. The highest BCUT2D eigenvalue weighted by Crippen LogP contribution is 2.25. The normalized spacial score (nSPS) is 14.7. The molecule has 170 valence electrons. The smallest absolute Gasteiger partial charge is 0.373 e. The van der Waals surface area contributed by atoms with Gasteiger partial charge in [0.2, 0.25) is 5.76 Å². The average Bonchev–Trinajstić information content (AvgIpc) is 3.48. The number of carbonyl (C=O) groups excluding carboxylic acids is 4. The molecule has 33 heavy (non-hydrogen) atoms. The Labute approximate surface area is 188 Å². The molecule has 0 spiro atoms. The highest BCUT2D eigenvalue weighted by atomic mass is 16.5. The van der Waals surface area contributed by atoms with Crippen LogP contribution < -0.4 is 5.32 Å². The largest absolute Gasteiger partial charge is 0.465 e. The Morgan fingerprint density at radius 1 is 1.15 bits per heavy atom. The molecular formula is C23H21N3O7. The average molecular weight is 451 g/mol. The van der Waals surface area contributed by atoms with Gasteiger partial charge >= 0.3 is 18.0 Å². The molecule has 10 heteroatoms. The van der Waals surface area contributed by atoms with Gasteiger partial charge in [0.25, 0.3) is 5.91 Å². The molecular weight excluding hydrogens is 430 g/mol. The van der Waals surface area contributed by atoms with Gasteiger partial charge in [-0.05, 0) is 31.2 Å². The van der Waals surface area contributed by atoms with Gasteiger partial charge in [0.05, 0.1) is 20.3 Å². The number of urea groups is 1. The summed E-state index contributed by atoms with van der Waals surface area (Å²) in [4.78, 5) is 49.8. The monoisotopic (exact) mass is 451 g/mol. The van der Waals surface area contributed by atoms with E-state index >= 15 is 0 Å². The molecule has 0 saturated carbocycles. The Morgan fingerprint density at radius 2 is 1.94 bits per heavy atom. The number of aromatic nitrogens is 1. The molecule has 3 heterocycles. The van der Waals surface area contributed by atoms with Crippen LogP contribution in [0.1, 0.15) is 28.8 Å². The molecule has 0 radical (unpaired) electrons. The number of carbonyl (C=O) groups is 4. The van der Waals surface area contributed by atoms with Crippen LogP contribution in [0.5, 0.6) is 0 Å². The quantitative estimate of drug-likeness (QED) is 0.333. The maximum atomic E-state index is 12.9. The van der Waals surface area contributed by atoms with Gasteiger partial charge in [0.1, 0.15) is 18.0 Å². The summed E-state index contributed by atoms with van der Waals surface area (Å²) in [7, 11) is 1.22. The van der Waals surface area contributed by atoms with Gasteiger partial charge in [0.15, 0.2) is 0 Å². The van der Waals surface area contributed by atoms with E-state index in [0.29, 0.717) is 5.56 Å². The van der Waals surface area contributed by atoms with Crippen molar-refractivity contribution in [1.29, 1.82) is 0 Å². The van der Waals surface area contributed by atoms with E-state index in [1.54, 1.807) is 23.8 Å². The predicted molar refractivity (Wildman–Crippen MR) is 116 cm³/mol. The van der Waals surface area contributed by atoms with Crippen LogP contribution in [0.4, 0.5) is 4.79 Å². The number of amides is 3. The second-order valence-electron chi connectivity index (χ2n) is 7.17. The standard InChI is InChI=1S/C23H21N3O7/c1-3-32-20(27)13-25-11-14(16-6-4-5-7-18(16)25)10-17-21(28)26(23(30)24-17)12-15-8-9-19(33-15)22(29)31-2/h4-11H,3,12-13H2,1-2H3,(H,24,30). The molecule has 0 bridgehead atoms. The Bertz CT molecular complexity index is 1280. The molecule has 2 aromatic heterocycles. The van der Waals surface area contributed by atoms with Crippen LogP contribution >= 0.6 is 0 Å². The van der Waals surface area contributed by atoms with Crippen LogP contribution in [-0.2, 0) is 32.2 Å². The minimum Gasteiger partial charge on any atom is -0.465 e. The number of rotatable bonds is 7. The van der Waals surface area contributed by atoms with E-state index in [9.17, 15) is 19.2 Å². The molecule has 1 saturated heterocycles. The minimum atomic E-state index is -0.654. The zero-order chi connectivity index (χ0) is 23.5. The summed E-state index contributed by atoms with van der Waals surface area (Å²) in [5.41, 5.74) is 1.53. The lowest BCUT2D eigenvalue weighted by molar-refractivity contribution is -0.143. The van der Waals surface area contributed by atoms with Crippen molar-refractivity contribution in [2.45, 2.75) is 20.0 Å².